The number of hydrogen-bond donors (Lipinski definition) is 5. The molecule has 0 unspecified atom stereocenters. The summed E-state index contributed by atoms with van der Waals surface area (Å²) in [5, 5.41) is 33.9. The molecule has 0 saturated heterocycles. The first-order valence-corrected chi connectivity index (χ1v) is 10.2. The van der Waals surface area contributed by atoms with E-state index >= 15 is 0 Å². The summed E-state index contributed by atoms with van der Waals surface area (Å²) in [6.45, 7) is 1.20. The van der Waals surface area contributed by atoms with E-state index in [1.807, 2.05) is 0 Å². The number of fused-ring (bicyclic) bond motifs is 1. The van der Waals surface area contributed by atoms with Crippen LogP contribution in [0.4, 0.5) is 11.6 Å². The second-order valence-corrected chi connectivity index (χ2v) is 7.18. The van der Waals surface area contributed by atoms with Crippen molar-refractivity contribution >= 4 is 84.4 Å². The van der Waals surface area contributed by atoms with E-state index in [1.54, 1.807) is 12.1 Å². The predicted octanol–water partition coefficient (Wildman–Crippen LogP) is -3.00. The maximum absolute atomic E-state index is 12.3. The quantitative estimate of drug-likeness (QED) is 0.170. The molecule has 2 aromatic heterocycles. The third-order valence-corrected chi connectivity index (χ3v) is 4.35. The summed E-state index contributed by atoms with van der Waals surface area (Å²) in [5.41, 5.74) is 6.43. The summed E-state index contributed by atoms with van der Waals surface area (Å²) in [7, 11) is 0. The van der Waals surface area contributed by atoms with Gasteiger partial charge in [0, 0.05) is 23.2 Å². The molecule has 0 bridgehead atoms. The predicted molar refractivity (Wildman–Crippen MR) is 126 cm³/mol. The van der Waals surface area contributed by atoms with Gasteiger partial charge in [-0.3, -0.25) is 14.6 Å². The van der Waals surface area contributed by atoms with Gasteiger partial charge in [-0.15, -0.1) is 0 Å². The Bertz CT molecular complexity index is 1330. The number of aliphatic carboxylic acids is 3. The van der Waals surface area contributed by atoms with Crippen LogP contribution in [0.25, 0.3) is 11.2 Å². The summed E-state index contributed by atoms with van der Waals surface area (Å²) in [4.78, 5) is 69.3. The van der Waals surface area contributed by atoms with E-state index in [-0.39, 0.29) is 73.4 Å². The largest absolute Gasteiger partial charge is 2.00 e. The number of hydrogen-bond acceptors (Lipinski definition) is 12. The molecule has 1 aromatic carbocycles. The van der Waals surface area contributed by atoms with Gasteiger partial charge in [-0.1, -0.05) is 0 Å². The number of nitrogens with zero attached hydrogens (tertiary/aromatic N) is 3. The number of aromatic nitrogens is 4. The van der Waals surface area contributed by atoms with Crippen LogP contribution >= 0.6 is 0 Å². The van der Waals surface area contributed by atoms with Crippen LogP contribution in [0, 0.1) is 0 Å². The fraction of sp³-hybridized carbons (Fsp3) is 0.238. The Morgan fingerprint density at radius 1 is 1.14 bits per heavy atom. The number of anilines is 2. The molecule has 0 radical (unpaired) electrons. The number of benzene rings is 1. The number of nitrogen functional groups attached to an aromatic ring is 1. The maximum atomic E-state index is 12.3. The molecular formula is C21H21CaN7O8. The average molecular weight is 540 g/mol. The monoisotopic (exact) mass is 539 g/mol. The number of carboxylic acids is 3. The second kappa shape index (κ2) is 14.7. The van der Waals surface area contributed by atoms with E-state index in [0.717, 1.165) is 6.92 Å². The third kappa shape index (κ3) is 10.4. The minimum Gasteiger partial charge on any atom is -0.550 e. The Balaban J connectivity index is 0.00000127. The van der Waals surface area contributed by atoms with Crippen molar-refractivity contribution in [3.8, 4) is 0 Å². The number of carboxylic acid groups (broad SMARTS) is 3. The molecule has 0 aliphatic heterocycles. The summed E-state index contributed by atoms with van der Waals surface area (Å²) in [5.74, 6) is -4.54. The Morgan fingerprint density at radius 2 is 1.76 bits per heavy atom. The zero-order valence-electron chi connectivity index (χ0n) is 19.5. The molecule has 37 heavy (non-hydrogen) atoms. The molecule has 6 N–H and O–H groups in total. The average Bonchev–Trinajstić information content (AvgIpc) is 2.80. The van der Waals surface area contributed by atoms with Gasteiger partial charge in [0.15, 0.2) is 11.2 Å². The molecule has 0 fully saturated rings. The van der Waals surface area contributed by atoms with Crippen molar-refractivity contribution in [1.82, 2.24) is 25.3 Å². The molecule has 0 saturated carbocycles. The first-order chi connectivity index (χ1) is 17.0. The van der Waals surface area contributed by atoms with E-state index in [1.165, 1.54) is 18.3 Å². The number of H-pyrrole nitrogens is 1. The maximum Gasteiger partial charge on any atom is 2.00 e. The van der Waals surface area contributed by atoms with E-state index < -0.39 is 41.8 Å². The van der Waals surface area contributed by atoms with Crippen molar-refractivity contribution in [1.29, 1.82) is 0 Å². The fourth-order valence-corrected chi connectivity index (χ4v) is 2.75. The van der Waals surface area contributed by atoms with Crippen molar-refractivity contribution in [2.75, 3.05) is 11.1 Å². The minimum absolute atomic E-state index is 0. The standard InChI is InChI=1S/C19H19N7O6.C2H4O2.Ca/c20-19-25-15-14(17(30)26-19)23-11(8-22-15)7-21-10-3-1-9(2-4-10)16(29)24-12(18(31)32)5-6-13(27)28;1-2(3)4;/h1-4,8,12,21H,5-7H2,(H,24,29)(H,27,28)(H,31,32)(H3,20,22,25,26,30);1H3,(H,3,4);/q;;+2/p-2/t12-;;/m0../s1. The molecule has 0 spiro atoms. The van der Waals surface area contributed by atoms with E-state index in [2.05, 4.69) is 30.6 Å². The van der Waals surface area contributed by atoms with Gasteiger partial charge in [-0.25, -0.2) is 14.8 Å². The number of carbonyl (C=O) groups is 4. The Morgan fingerprint density at radius 3 is 2.32 bits per heavy atom. The number of aromatic amines is 1. The third-order valence-electron chi connectivity index (χ3n) is 4.35. The normalized spacial score (nSPS) is 10.7. The zero-order valence-corrected chi connectivity index (χ0v) is 21.7. The smallest absolute Gasteiger partial charge is 0.550 e. The van der Waals surface area contributed by atoms with Gasteiger partial charge in [0.2, 0.25) is 5.95 Å². The van der Waals surface area contributed by atoms with Crippen LogP contribution in [-0.2, 0) is 20.9 Å². The van der Waals surface area contributed by atoms with Gasteiger partial charge in [0.1, 0.15) is 6.04 Å². The molecule has 2 heterocycles. The first kappa shape index (κ1) is 31.2. The molecule has 1 amide bonds. The van der Waals surface area contributed by atoms with Crippen molar-refractivity contribution in [3.05, 3.63) is 52.1 Å². The van der Waals surface area contributed by atoms with Crippen LogP contribution in [0.2, 0.25) is 0 Å². The molecule has 0 aliphatic rings. The van der Waals surface area contributed by atoms with Crippen LogP contribution in [0.5, 0.6) is 0 Å². The van der Waals surface area contributed by atoms with Crippen molar-refractivity contribution in [3.63, 3.8) is 0 Å². The number of amides is 1. The van der Waals surface area contributed by atoms with Gasteiger partial charge < -0.3 is 41.3 Å². The van der Waals surface area contributed by atoms with Gasteiger partial charge in [-0.05, 0) is 44.0 Å². The van der Waals surface area contributed by atoms with Crippen LogP contribution in [0.15, 0.2) is 35.3 Å². The zero-order chi connectivity index (χ0) is 26.8. The molecular weight excluding hydrogens is 518 g/mol. The van der Waals surface area contributed by atoms with Crippen LogP contribution < -0.4 is 32.1 Å². The molecule has 3 rings (SSSR count). The van der Waals surface area contributed by atoms with Crippen molar-refractivity contribution in [2.24, 2.45) is 0 Å². The number of carbonyl (C=O) groups excluding carboxylic acids is 3. The molecule has 1 atom stereocenters. The summed E-state index contributed by atoms with van der Waals surface area (Å²) in [6, 6.07) is 4.78. The molecule has 190 valence electrons. The van der Waals surface area contributed by atoms with E-state index in [9.17, 15) is 24.3 Å². The Kier molecular flexibility index (Phi) is 12.4. The van der Waals surface area contributed by atoms with Crippen LogP contribution in [-0.4, -0.2) is 92.6 Å². The number of nitrogens with two attached hydrogens (primary N) is 1. The summed E-state index contributed by atoms with van der Waals surface area (Å²) < 4.78 is 0. The number of nitrogens with one attached hydrogen (secondary N) is 3. The van der Waals surface area contributed by atoms with Gasteiger partial charge >= 0.3 is 43.7 Å². The van der Waals surface area contributed by atoms with Crippen molar-refractivity contribution in [2.45, 2.75) is 32.4 Å². The van der Waals surface area contributed by atoms with Gasteiger partial charge in [-0.2, -0.15) is 4.98 Å². The number of rotatable bonds is 9. The molecule has 0 aliphatic carbocycles. The Hall–Kier alpha value is -3.82. The topological polar surface area (TPSA) is 256 Å². The minimum atomic E-state index is -1.40. The second-order valence-electron chi connectivity index (χ2n) is 7.18. The molecule has 3 aromatic rings. The van der Waals surface area contributed by atoms with Gasteiger partial charge in [0.25, 0.3) is 11.5 Å². The SMILES string of the molecule is CC(=O)[O-].Nc1nc2ncc(CNc3ccc(C(=O)N[C@@H](CCC(=O)[O-])C(=O)O)cc3)nc2c(=O)[nH]1.[Ca+2]. The van der Waals surface area contributed by atoms with Crippen LogP contribution in [0.3, 0.4) is 0 Å². The fourth-order valence-electron chi connectivity index (χ4n) is 2.75. The van der Waals surface area contributed by atoms with Crippen LogP contribution in [0.1, 0.15) is 35.8 Å². The van der Waals surface area contributed by atoms with Gasteiger partial charge in [0.05, 0.1) is 18.4 Å². The first-order valence-electron chi connectivity index (χ1n) is 10.2. The molecule has 16 heteroatoms. The summed E-state index contributed by atoms with van der Waals surface area (Å²) >= 11 is 0. The van der Waals surface area contributed by atoms with E-state index in [0.29, 0.717) is 11.4 Å². The summed E-state index contributed by atoms with van der Waals surface area (Å²) in [6.07, 6.45) is 0.662. The van der Waals surface area contributed by atoms with E-state index in [4.69, 9.17) is 20.7 Å². The Labute approximate surface area is 238 Å². The molecule has 15 nitrogen and oxygen atoms in total. The van der Waals surface area contributed by atoms with Crippen molar-refractivity contribution < 1.29 is 34.5 Å².